The quantitative estimate of drug-likeness (QED) is 0.787. The minimum atomic E-state index is -3.16. The van der Waals surface area contributed by atoms with Gasteiger partial charge in [-0.25, -0.2) is 8.42 Å². The fourth-order valence-electron chi connectivity index (χ4n) is 2.55. The number of alkyl halides is 1. The SMILES string of the molecule is CCS(=O)(=O)c1ccccc1N1CCCC(CBr)C1. The van der Waals surface area contributed by atoms with Crippen LogP contribution in [0.3, 0.4) is 0 Å². The molecule has 1 aliphatic rings. The van der Waals surface area contributed by atoms with Gasteiger partial charge in [-0.3, -0.25) is 0 Å². The summed E-state index contributed by atoms with van der Waals surface area (Å²) in [6.45, 7) is 3.57. The third kappa shape index (κ3) is 3.31. The van der Waals surface area contributed by atoms with Crippen molar-refractivity contribution in [1.82, 2.24) is 0 Å². The first-order chi connectivity index (χ1) is 9.08. The molecule has 0 N–H and O–H groups in total. The Bertz CT molecular complexity index is 530. The zero-order valence-electron chi connectivity index (χ0n) is 11.2. The van der Waals surface area contributed by atoms with Gasteiger partial charge in [0.05, 0.1) is 16.3 Å². The number of benzene rings is 1. The Morgan fingerprint density at radius 3 is 2.79 bits per heavy atom. The number of nitrogens with zero attached hydrogens (tertiary/aromatic N) is 1. The Labute approximate surface area is 124 Å². The van der Waals surface area contributed by atoms with E-state index in [1.807, 2.05) is 12.1 Å². The highest BCUT2D eigenvalue weighted by molar-refractivity contribution is 9.09. The Morgan fingerprint density at radius 2 is 2.11 bits per heavy atom. The molecule has 0 bridgehead atoms. The molecule has 1 saturated heterocycles. The van der Waals surface area contributed by atoms with E-state index in [-0.39, 0.29) is 5.75 Å². The van der Waals surface area contributed by atoms with Crippen molar-refractivity contribution in [3.05, 3.63) is 24.3 Å². The monoisotopic (exact) mass is 345 g/mol. The fourth-order valence-corrected chi connectivity index (χ4v) is 4.19. The van der Waals surface area contributed by atoms with Gasteiger partial charge in [-0.2, -0.15) is 0 Å². The van der Waals surface area contributed by atoms with Crippen LogP contribution in [0.15, 0.2) is 29.2 Å². The maximum Gasteiger partial charge on any atom is 0.180 e. The summed E-state index contributed by atoms with van der Waals surface area (Å²) in [5, 5.41) is 0.978. The molecular formula is C14H20BrNO2S. The van der Waals surface area contributed by atoms with Crippen LogP contribution in [0, 0.1) is 5.92 Å². The maximum absolute atomic E-state index is 12.2. The van der Waals surface area contributed by atoms with Gasteiger partial charge in [-0.05, 0) is 30.9 Å². The number of hydrogen-bond donors (Lipinski definition) is 0. The molecule has 0 spiro atoms. The Morgan fingerprint density at radius 1 is 1.37 bits per heavy atom. The maximum atomic E-state index is 12.2. The summed E-state index contributed by atoms with van der Waals surface area (Å²) in [5.74, 6) is 0.755. The van der Waals surface area contributed by atoms with Crippen molar-refractivity contribution in [3.8, 4) is 0 Å². The van der Waals surface area contributed by atoms with E-state index in [4.69, 9.17) is 0 Å². The molecule has 0 radical (unpaired) electrons. The molecule has 0 amide bonds. The van der Waals surface area contributed by atoms with E-state index in [0.717, 1.165) is 30.5 Å². The number of piperidine rings is 1. The topological polar surface area (TPSA) is 37.4 Å². The molecule has 1 unspecified atom stereocenters. The molecule has 1 fully saturated rings. The highest BCUT2D eigenvalue weighted by Gasteiger charge is 2.24. The lowest BCUT2D eigenvalue weighted by Crippen LogP contribution is -2.36. The predicted molar refractivity (Wildman–Crippen MR) is 82.9 cm³/mol. The molecule has 5 heteroatoms. The van der Waals surface area contributed by atoms with Crippen LogP contribution in [0.2, 0.25) is 0 Å². The standard InChI is InChI=1S/C14H20BrNO2S/c1-2-19(17,18)14-8-4-3-7-13(14)16-9-5-6-12(10-15)11-16/h3-4,7-8,12H,2,5-6,9-11H2,1H3. The Kier molecular flexibility index (Phi) is 4.90. The molecule has 1 atom stereocenters. The molecule has 3 nitrogen and oxygen atoms in total. The summed E-state index contributed by atoms with van der Waals surface area (Å²) < 4.78 is 24.4. The molecule has 0 saturated carbocycles. The number of halogens is 1. The third-order valence-electron chi connectivity index (χ3n) is 3.66. The first-order valence-corrected chi connectivity index (χ1v) is 9.48. The smallest absolute Gasteiger partial charge is 0.180 e. The Balaban J connectivity index is 2.35. The minimum Gasteiger partial charge on any atom is -0.370 e. The van der Waals surface area contributed by atoms with Crippen LogP contribution in [-0.4, -0.2) is 32.6 Å². The summed E-state index contributed by atoms with van der Waals surface area (Å²) in [5.41, 5.74) is 0.870. The molecule has 106 valence electrons. The van der Waals surface area contributed by atoms with Crippen molar-refractivity contribution < 1.29 is 8.42 Å². The normalized spacial score (nSPS) is 20.5. The van der Waals surface area contributed by atoms with Crippen LogP contribution >= 0.6 is 15.9 Å². The molecule has 2 rings (SSSR count). The van der Waals surface area contributed by atoms with Crippen LogP contribution in [0.1, 0.15) is 19.8 Å². The molecule has 19 heavy (non-hydrogen) atoms. The lowest BCUT2D eigenvalue weighted by molar-refractivity contribution is 0.453. The average Bonchev–Trinajstić information content (AvgIpc) is 2.47. The number of rotatable bonds is 4. The zero-order valence-corrected chi connectivity index (χ0v) is 13.6. The van der Waals surface area contributed by atoms with E-state index in [1.54, 1.807) is 19.1 Å². The first kappa shape index (κ1) is 14.9. The lowest BCUT2D eigenvalue weighted by atomic mass is 10.00. The Hall–Kier alpha value is -0.550. The second-order valence-corrected chi connectivity index (χ2v) is 7.87. The highest BCUT2D eigenvalue weighted by atomic mass is 79.9. The van der Waals surface area contributed by atoms with Gasteiger partial charge < -0.3 is 4.90 Å². The largest absolute Gasteiger partial charge is 0.370 e. The van der Waals surface area contributed by atoms with Gasteiger partial charge in [-0.15, -0.1) is 0 Å². The second kappa shape index (κ2) is 6.27. The lowest BCUT2D eigenvalue weighted by Gasteiger charge is -2.34. The van der Waals surface area contributed by atoms with E-state index < -0.39 is 9.84 Å². The van der Waals surface area contributed by atoms with Gasteiger partial charge in [0.1, 0.15) is 0 Å². The van der Waals surface area contributed by atoms with Crippen LogP contribution in [0.5, 0.6) is 0 Å². The highest BCUT2D eigenvalue weighted by Crippen LogP contribution is 2.30. The molecule has 1 aromatic carbocycles. The van der Waals surface area contributed by atoms with E-state index in [9.17, 15) is 8.42 Å². The molecule has 1 aromatic rings. The van der Waals surface area contributed by atoms with Crippen LogP contribution < -0.4 is 4.90 Å². The number of para-hydroxylation sites is 1. The summed E-state index contributed by atoms with van der Waals surface area (Å²) in [4.78, 5) is 2.70. The minimum absolute atomic E-state index is 0.153. The van der Waals surface area contributed by atoms with Crippen LogP contribution in [0.4, 0.5) is 5.69 Å². The number of anilines is 1. The van der Waals surface area contributed by atoms with E-state index in [0.29, 0.717) is 10.8 Å². The van der Waals surface area contributed by atoms with Gasteiger partial charge in [-0.1, -0.05) is 35.0 Å². The molecule has 0 aliphatic carbocycles. The summed E-state index contributed by atoms with van der Waals surface area (Å²) >= 11 is 3.54. The van der Waals surface area contributed by atoms with Crippen molar-refractivity contribution >= 4 is 31.5 Å². The van der Waals surface area contributed by atoms with Gasteiger partial charge in [0.15, 0.2) is 9.84 Å². The van der Waals surface area contributed by atoms with Crippen LogP contribution in [0.25, 0.3) is 0 Å². The average molecular weight is 346 g/mol. The zero-order chi connectivity index (χ0) is 13.9. The second-order valence-electron chi connectivity index (χ2n) is 4.98. The first-order valence-electron chi connectivity index (χ1n) is 6.71. The van der Waals surface area contributed by atoms with Crippen molar-refractivity contribution in [3.63, 3.8) is 0 Å². The van der Waals surface area contributed by atoms with Gasteiger partial charge in [0, 0.05) is 18.4 Å². The van der Waals surface area contributed by atoms with Crippen LogP contribution in [-0.2, 0) is 9.84 Å². The van der Waals surface area contributed by atoms with E-state index in [1.165, 1.54) is 6.42 Å². The summed E-state index contributed by atoms with van der Waals surface area (Å²) in [7, 11) is -3.16. The summed E-state index contributed by atoms with van der Waals surface area (Å²) in [6.07, 6.45) is 2.33. The number of hydrogen-bond acceptors (Lipinski definition) is 3. The fraction of sp³-hybridized carbons (Fsp3) is 0.571. The van der Waals surface area contributed by atoms with Gasteiger partial charge >= 0.3 is 0 Å². The van der Waals surface area contributed by atoms with Crippen molar-refractivity contribution in [2.45, 2.75) is 24.7 Å². The van der Waals surface area contributed by atoms with E-state index >= 15 is 0 Å². The molecule has 1 aliphatic heterocycles. The van der Waals surface area contributed by atoms with Gasteiger partial charge in [0.25, 0.3) is 0 Å². The van der Waals surface area contributed by atoms with Crippen molar-refractivity contribution in [2.75, 3.05) is 29.1 Å². The predicted octanol–water partition coefficient (Wildman–Crippen LogP) is 3.09. The number of sulfone groups is 1. The molecule has 1 heterocycles. The molecule has 0 aromatic heterocycles. The third-order valence-corrected chi connectivity index (χ3v) is 6.35. The van der Waals surface area contributed by atoms with E-state index in [2.05, 4.69) is 20.8 Å². The van der Waals surface area contributed by atoms with Crippen molar-refractivity contribution in [1.29, 1.82) is 0 Å². The van der Waals surface area contributed by atoms with Gasteiger partial charge in [0.2, 0.25) is 0 Å². The molecular weight excluding hydrogens is 326 g/mol. The van der Waals surface area contributed by atoms with Crippen molar-refractivity contribution in [2.24, 2.45) is 5.92 Å². The summed E-state index contributed by atoms with van der Waals surface area (Å²) in [6, 6.07) is 7.38.